The quantitative estimate of drug-likeness (QED) is 0.129. The van der Waals surface area contributed by atoms with Crippen LogP contribution < -0.4 is 10.3 Å². The van der Waals surface area contributed by atoms with Gasteiger partial charge in [-0.25, -0.2) is 4.98 Å². The number of ether oxygens (including phenoxy) is 1. The Balaban J connectivity index is 1.83. The lowest BCUT2D eigenvalue weighted by atomic mass is 10.1. The van der Waals surface area contributed by atoms with Crippen LogP contribution in [0.25, 0.3) is 22.7 Å². The molecule has 0 saturated heterocycles. The molecule has 9 heteroatoms. The number of nitrogens with zero attached hydrogens (tertiary/aromatic N) is 4. The van der Waals surface area contributed by atoms with E-state index in [-0.39, 0.29) is 17.2 Å². The Kier molecular flexibility index (Phi) is 9.06. The Morgan fingerprint density at radius 2 is 1.77 bits per heavy atom. The zero-order valence-electron chi connectivity index (χ0n) is 22.8. The number of methoxy groups -OCH3 is 1. The van der Waals surface area contributed by atoms with Gasteiger partial charge in [0, 0.05) is 24.8 Å². The van der Waals surface area contributed by atoms with Crippen molar-refractivity contribution in [1.29, 1.82) is 0 Å². The number of benzene rings is 3. The standard InChI is InChI=1S/C31H32N4O5/c1-4-6-21-33(29(36)20-17-22-15-18-23(19-16-22)35(38)39)26(5-2)30-32-25-12-8-7-11-24(25)31(37)34(30)27-13-9-10-14-28(27)40-3/h7-20,26H,4-6,21H2,1-3H3. The van der Waals surface area contributed by atoms with Crippen molar-refractivity contribution >= 4 is 28.6 Å². The Bertz CT molecular complexity index is 1590. The Hall–Kier alpha value is -4.79. The summed E-state index contributed by atoms with van der Waals surface area (Å²) >= 11 is 0. The van der Waals surface area contributed by atoms with Gasteiger partial charge in [-0.3, -0.25) is 24.3 Å². The number of unbranched alkanes of at least 4 members (excludes halogenated alkanes) is 1. The highest BCUT2D eigenvalue weighted by Crippen LogP contribution is 2.30. The van der Waals surface area contributed by atoms with Crippen LogP contribution in [0, 0.1) is 10.1 Å². The molecule has 0 aliphatic carbocycles. The number of fused-ring (bicyclic) bond motifs is 1. The van der Waals surface area contributed by atoms with E-state index in [1.54, 1.807) is 65.1 Å². The normalized spacial score (nSPS) is 12.0. The summed E-state index contributed by atoms with van der Waals surface area (Å²) in [6, 6.07) is 19.9. The minimum absolute atomic E-state index is 0.0178. The first-order valence-corrected chi connectivity index (χ1v) is 13.3. The number of para-hydroxylation sites is 3. The second-order valence-corrected chi connectivity index (χ2v) is 9.29. The molecule has 1 aromatic heterocycles. The van der Waals surface area contributed by atoms with Crippen LogP contribution in [0.1, 0.15) is 50.5 Å². The van der Waals surface area contributed by atoms with Gasteiger partial charge in [0.25, 0.3) is 11.2 Å². The molecule has 0 spiro atoms. The highest BCUT2D eigenvalue weighted by atomic mass is 16.6. The fourth-order valence-electron chi connectivity index (χ4n) is 4.68. The van der Waals surface area contributed by atoms with Crippen LogP contribution in [0.5, 0.6) is 5.75 Å². The SMILES string of the molecule is CCCCN(C(=O)C=Cc1ccc([N+](=O)[O-])cc1)C(CC)c1nc2ccccc2c(=O)n1-c1ccccc1OC. The van der Waals surface area contributed by atoms with Gasteiger partial charge in [0.05, 0.1) is 34.7 Å². The van der Waals surface area contributed by atoms with Crippen LogP contribution in [0.4, 0.5) is 5.69 Å². The van der Waals surface area contributed by atoms with Crippen LogP contribution in [0.3, 0.4) is 0 Å². The van der Waals surface area contributed by atoms with E-state index in [4.69, 9.17) is 9.72 Å². The molecule has 0 fully saturated rings. The maximum atomic E-state index is 13.9. The summed E-state index contributed by atoms with van der Waals surface area (Å²) < 4.78 is 7.15. The fourth-order valence-corrected chi connectivity index (χ4v) is 4.68. The molecule has 0 aliphatic rings. The highest BCUT2D eigenvalue weighted by Gasteiger charge is 2.28. The summed E-state index contributed by atoms with van der Waals surface area (Å²) in [7, 11) is 1.55. The third-order valence-corrected chi connectivity index (χ3v) is 6.75. The van der Waals surface area contributed by atoms with Crippen molar-refractivity contribution in [1.82, 2.24) is 14.5 Å². The molecular formula is C31H32N4O5. The molecule has 1 unspecified atom stereocenters. The zero-order valence-corrected chi connectivity index (χ0v) is 22.8. The first-order chi connectivity index (χ1) is 19.4. The Labute approximate surface area is 232 Å². The lowest BCUT2D eigenvalue weighted by Crippen LogP contribution is -2.38. The van der Waals surface area contributed by atoms with E-state index < -0.39 is 11.0 Å². The van der Waals surface area contributed by atoms with Gasteiger partial charge in [0.1, 0.15) is 11.6 Å². The monoisotopic (exact) mass is 540 g/mol. The summed E-state index contributed by atoms with van der Waals surface area (Å²) in [5.74, 6) is 0.721. The zero-order chi connectivity index (χ0) is 28.6. The van der Waals surface area contributed by atoms with Gasteiger partial charge in [-0.05, 0) is 60.9 Å². The molecular weight excluding hydrogens is 508 g/mol. The minimum Gasteiger partial charge on any atom is -0.495 e. The summed E-state index contributed by atoms with van der Waals surface area (Å²) in [5, 5.41) is 11.4. The van der Waals surface area contributed by atoms with Crippen molar-refractivity contribution < 1.29 is 14.5 Å². The predicted molar refractivity (Wildman–Crippen MR) is 156 cm³/mol. The number of nitro benzene ring substituents is 1. The molecule has 206 valence electrons. The molecule has 1 heterocycles. The highest BCUT2D eigenvalue weighted by molar-refractivity contribution is 5.92. The summed E-state index contributed by atoms with van der Waals surface area (Å²) in [6.07, 6.45) is 5.25. The molecule has 4 aromatic rings. The Morgan fingerprint density at radius 1 is 1.07 bits per heavy atom. The van der Waals surface area contributed by atoms with Crippen LogP contribution in [0.2, 0.25) is 0 Å². The molecule has 9 nitrogen and oxygen atoms in total. The van der Waals surface area contributed by atoms with E-state index in [9.17, 15) is 19.7 Å². The van der Waals surface area contributed by atoms with E-state index in [2.05, 4.69) is 6.92 Å². The van der Waals surface area contributed by atoms with Gasteiger partial charge >= 0.3 is 0 Å². The van der Waals surface area contributed by atoms with Crippen molar-refractivity contribution in [3.8, 4) is 11.4 Å². The molecule has 3 aromatic carbocycles. The van der Waals surface area contributed by atoms with Gasteiger partial charge in [-0.1, -0.05) is 44.5 Å². The molecule has 0 aliphatic heterocycles. The number of amides is 1. The van der Waals surface area contributed by atoms with Crippen molar-refractivity contribution in [3.05, 3.63) is 111 Å². The van der Waals surface area contributed by atoms with E-state index >= 15 is 0 Å². The fraction of sp³-hybridized carbons (Fsp3) is 0.258. The average molecular weight is 541 g/mol. The van der Waals surface area contributed by atoms with Gasteiger partial charge in [-0.15, -0.1) is 0 Å². The molecule has 4 rings (SSSR count). The van der Waals surface area contributed by atoms with Crippen LogP contribution in [-0.4, -0.2) is 38.9 Å². The van der Waals surface area contributed by atoms with Crippen molar-refractivity contribution in [2.24, 2.45) is 0 Å². The largest absolute Gasteiger partial charge is 0.495 e. The third kappa shape index (κ3) is 5.93. The predicted octanol–water partition coefficient (Wildman–Crippen LogP) is 6.10. The van der Waals surface area contributed by atoms with Crippen molar-refractivity contribution in [2.45, 2.75) is 39.2 Å². The molecule has 0 saturated carbocycles. The van der Waals surface area contributed by atoms with Gasteiger partial charge in [-0.2, -0.15) is 0 Å². The molecule has 0 bridgehead atoms. The first-order valence-electron chi connectivity index (χ1n) is 13.3. The molecule has 0 N–H and O–H groups in total. The first kappa shape index (κ1) is 28.2. The van der Waals surface area contributed by atoms with Gasteiger partial charge in [0.15, 0.2) is 0 Å². The number of hydrogen-bond donors (Lipinski definition) is 0. The third-order valence-electron chi connectivity index (χ3n) is 6.75. The number of nitro groups is 1. The van der Waals surface area contributed by atoms with E-state index in [1.807, 2.05) is 25.1 Å². The van der Waals surface area contributed by atoms with Crippen LogP contribution in [-0.2, 0) is 4.79 Å². The second-order valence-electron chi connectivity index (χ2n) is 9.29. The maximum Gasteiger partial charge on any atom is 0.269 e. The topological polar surface area (TPSA) is 108 Å². The molecule has 1 atom stereocenters. The number of carbonyl (C=O) groups is 1. The Morgan fingerprint density at radius 3 is 2.45 bits per heavy atom. The van der Waals surface area contributed by atoms with Crippen molar-refractivity contribution in [2.75, 3.05) is 13.7 Å². The number of aromatic nitrogens is 2. The molecule has 0 radical (unpaired) electrons. The van der Waals surface area contributed by atoms with Crippen molar-refractivity contribution in [3.63, 3.8) is 0 Å². The van der Waals surface area contributed by atoms with Gasteiger partial charge in [0.2, 0.25) is 5.91 Å². The smallest absolute Gasteiger partial charge is 0.269 e. The lowest BCUT2D eigenvalue weighted by molar-refractivity contribution is -0.384. The average Bonchev–Trinajstić information content (AvgIpc) is 2.98. The number of rotatable bonds is 11. The number of hydrogen-bond acceptors (Lipinski definition) is 6. The number of non-ortho nitro benzene ring substituents is 1. The minimum atomic E-state index is -0.511. The molecule has 1 amide bonds. The summed E-state index contributed by atoms with van der Waals surface area (Å²) in [5.41, 5.74) is 1.50. The lowest BCUT2D eigenvalue weighted by Gasteiger charge is -2.32. The second kappa shape index (κ2) is 12.8. The summed E-state index contributed by atoms with van der Waals surface area (Å²) in [4.78, 5) is 44.8. The van der Waals surface area contributed by atoms with E-state index in [0.717, 1.165) is 12.8 Å². The summed E-state index contributed by atoms with van der Waals surface area (Å²) in [6.45, 7) is 4.48. The van der Waals surface area contributed by atoms with E-state index in [0.29, 0.717) is 46.7 Å². The van der Waals surface area contributed by atoms with E-state index in [1.165, 1.54) is 18.2 Å². The van der Waals surface area contributed by atoms with Crippen LogP contribution >= 0.6 is 0 Å². The molecule has 40 heavy (non-hydrogen) atoms. The van der Waals surface area contributed by atoms with Gasteiger partial charge < -0.3 is 9.64 Å². The van der Waals surface area contributed by atoms with Crippen LogP contribution in [0.15, 0.2) is 83.7 Å². The number of carbonyl (C=O) groups excluding carboxylic acids is 1. The maximum absolute atomic E-state index is 13.9.